The Morgan fingerprint density at radius 3 is 1.96 bits per heavy atom. The second-order valence-corrected chi connectivity index (χ2v) is 10.6. The SMILES string of the molecule is CC(CC(C)(C)C)CP(=O)(C(=O)c1ccccc1)c1ccccc1. The maximum atomic E-state index is 13.9. The molecule has 128 valence electrons. The predicted octanol–water partition coefficient (Wildman–Crippen LogP) is 5.59. The third-order valence-corrected chi connectivity index (χ3v) is 7.24. The summed E-state index contributed by atoms with van der Waals surface area (Å²) in [6.45, 7) is 8.63. The Bertz CT molecular complexity index is 715. The van der Waals surface area contributed by atoms with Gasteiger partial charge in [-0.1, -0.05) is 88.4 Å². The Balaban J connectivity index is 2.39. The lowest BCUT2D eigenvalue weighted by atomic mass is 9.86. The van der Waals surface area contributed by atoms with Crippen LogP contribution in [0.15, 0.2) is 60.7 Å². The molecule has 2 aromatic carbocycles. The highest BCUT2D eigenvalue weighted by atomic mass is 31.2. The van der Waals surface area contributed by atoms with Gasteiger partial charge in [-0.2, -0.15) is 0 Å². The zero-order chi connectivity index (χ0) is 17.8. The van der Waals surface area contributed by atoms with Crippen LogP contribution in [0.5, 0.6) is 0 Å². The molecule has 0 heterocycles. The number of carbonyl (C=O) groups excluding carboxylic acids is 1. The van der Waals surface area contributed by atoms with Crippen LogP contribution >= 0.6 is 7.14 Å². The fourth-order valence-electron chi connectivity index (χ4n) is 3.31. The summed E-state index contributed by atoms with van der Waals surface area (Å²) in [4.78, 5) is 13.1. The van der Waals surface area contributed by atoms with Crippen molar-refractivity contribution in [2.24, 2.45) is 11.3 Å². The minimum atomic E-state index is -3.17. The van der Waals surface area contributed by atoms with Crippen LogP contribution in [0.25, 0.3) is 0 Å². The highest BCUT2D eigenvalue weighted by molar-refractivity contribution is 7.87. The van der Waals surface area contributed by atoms with Gasteiger partial charge in [0.15, 0.2) is 7.14 Å². The molecule has 2 rings (SSSR count). The summed E-state index contributed by atoms with van der Waals surface area (Å²) < 4.78 is 13.9. The van der Waals surface area contributed by atoms with Gasteiger partial charge in [0, 0.05) is 17.0 Å². The largest absolute Gasteiger partial charge is 0.310 e. The van der Waals surface area contributed by atoms with Crippen LogP contribution in [0, 0.1) is 11.3 Å². The van der Waals surface area contributed by atoms with Crippen LogP contribution in [-0.4, -0.2) is 11.7 Å². The molecule has 0 saturated heterocycles. The van der Waals surface area contributed by atoms with E-state index in [4.69, 9.17) is 0 Å². The number of carbonyl (C=O) groups is 1. The number of benzene rings is 2. The van der Waals surface area contributed by atoms with Crippen LogP contribution < -0.4 is 5.30 Å². The molecule has 0 aromatic heterocycles. The first-order chi connectivity index (χ1) is 11.2. The summed E-state index contributed by atoms with van der Waals surface area (Å²) in [5.41, 5.74) is 0.458. The summed E-state index contributed by atoms with van der Waals surface area (Å²) in [6.07, 6.45) is 1.36. The summed E-state index contributed by atoms with van der Waals surface area (Å²) in [5, 5.41) is 0.666. The minimum Gasteiger partial charge on any atom is -0.310 e. The lowest BCUT2D eigenvalue weighted by Gasteiger charge is -2.26. The first-order valence-electron chi connectivity index (χ1n) is 8.47. The fraction of sp³-hybridized carbons (Fsp3) is 0.381. The minimum absolute atomic E-state index is 0.150. The molecule has 3 heteroatoms. The molecule has 0 aliphatic rings. The fourth-order valence-corrected chi connectivity index (χ4v) is 6.15. The van der Waals surface area contributed by atoms with Crippen molar-refractivity contribution in [1.82, 2.24) is 0 Å². The number of hydrogen-bond acceptors (Lipinski definition) is 2. The van der Waals surface area contributed by atoms with Crippen molar-refractivity contribution in [2.45, 2.75) is 34.1 Å². The quantitative estimate of drug-likeness (QED) is 0.642. The van der Waals surface area contributed by atoms with E-state index in [0.717, 1.165) is 6.42 Å². The molecule has 0 saturated carbocycles. The maximum Gasteiger partial charge on any atom is 0.225 e. The summed E-state index contributed by atoms with van der Waals surface area (Å²) in [6, 6.07) is 18.3. The molecule has 0 N–H and O–H groups in total. The van der Waals surface area contributed by atoms with E-state index in [-0.39, 0.29) is 16.9 Å². The van der Waals surface area contributed by atoms with Crippen molar-refractivity contribution in [3.05, 3.63) is 66.2 Å². The average molecular weight is 342 g/mol. The lowest BCUT2D eigenvalue weighted by molar-refractivity contribution is 0.107. The van der Waals surface area contributed by atoms with Gasteiger partial charge in [0.05, 0.1) is 0 Å². The first-order valence-corrected chi connectivity index (χ1v) is 10.4. The Kier molecular flexibility index (Phi) is 5.83. The molecule has 0 bridgehead atoms. The van der Waals surface area contributed by atoms with Gasteiger partial charge in [-0.3, -0.25) is 4.79 Å². The van der Waals surface area contributed by atoms with E-state index in [1.54, 1.807) is 12.1 Å². The van der Waals surface area contributed by atoms with E-state index in [1.165, 1.54) is 0 Å². The summed E-state index contributed by atoms with van der Waals surface area (Å²) in [7, 11) is -3.17. The standard InChI is InChI=1S/C21H27O2P/c1-17(15-21(2,3)4)16-24(23,19-13-9-6-10-14-19)20(22)18-11-7-5-8-12-18/h5-14,17H,15-16H2,1-4H3. The van der Waals surface area contributed by atoms with Gasteiger partial charge in [0.1, 0.15) is 0 Å². The molecular formula is C21H27O2P. The molecule has 0 fully saturated rings. The van der Waals surface area contributed by atoms with Gasteiger partial charge in [0.2, 0.25) is 5.52 Å². The average Bonchev–Trinajstić information content (AvgIpc) is 2.54. The van der Waals surface area contributed by atoms with Crippen LogP contribution in [0.4, 0.5) is 0 Å². The second-order valence-electron chi connectivity index (χ2n) is 7.80. The number of rotatable bonds is 6. The van der Waals surface area contributed by atoms with E-state index >= 15 is 0 Å². The third kappa shape index (κ3) is 4.68. The topological polar surface area (TPSA) is 34.1 Å². The van der Waals surface area contributed by atoms with Crippen LogP contribution in [0.2, 0.25) is 0 Å². The van der Waals surface area contributed by atoms with Crippen LogP contribution in [0.1, 0.15) is 44.5 Å². The number of hydrogen-bond donors (Lipinski definition) is 0. The molecule has 0 spiro atoms. The summed E-state index contributed by atoms with van der Waals surface area (Å²) in [5.74, 6) is 0.212. The third-order valence-electron chi connectivity index (χ3n) is 4.05. The predicted molar refractivity (Wildman–Crippen MR) is 103 cm³/mol. The Morgan fingerprint density at radius 1 is 0.958 bits per heavy atom. The molecule has 2 unspecified atom stereocenters. The van der Waals surface area contributed by atoms with Gasteiger partial charge in [-0.15, -0.1) is 0 Å². The maximum absolute atomic E-state index is 13.9. The van der Waals surface area contributed by atoms with E-state index < -0.39 is 7.14 Å². The van der Waals surface area contributed by atoms with Crippen molar-refractivity contribution < 1.29 is 9.36 Å². The molecule has 0 amide bonds. The second kappa shape index (κ2) is 7.49. The van der Waals surface area contributed by atoms with Gasteiger partial charge in [-0.05, 0) is 17.8 Å². The Labute approximate surface area is 145 Å². The molecule has 0 aliphatic carbocycles. The molecule has 0 aliphatic heterocycles. The van der Waals surface area contributed by atoms with Crippen molar-refractivity contribution in [2.75, 3.05) is 6.16 Å². The van der Waals surface area contributed by atoms with Crippen LogP contribution in [0.3, 0.4) is 0 Å². The van der Waals surface area contributed by atoms with Crippen molar-refractivity contribution in [3.8, 4) is 0 Å². The first kappa shape index (κ1) is 18.7. The Hall–Kier alpha value is -1.66. The van der Waals surface area contributed by atoms with Crippen molar-refractivity contribution in [1.29, 1.82) is 0 Å². The molecule has 0 radical (unpaired) electrons. The molecule has 2 aromatic rings. The molecule has 2 nitrogen and oxygen atoms in total. The Morgan fingerprint density at radius 2 is 1.46 bits per heavy atom. The van der Waals surface area contributed by atoms with E-state index in [0.29, 0.717) is 17.0 Å². The monoisotopic (exact) mass is 342 g/mol. The van der Waals surface area contributed by atoms with Gasteiger partial charge >= 0.3 is 0 Å². The molecule has 24 heavy (non-hydrogen) atoms. The lowest BCUT2D eigenvalue weighted by Crippen LogP contribution is -2.21. The van der Waals surface area contributed by atoms with Gasteiger partial charge in [-0.25, -0.2) is 0 Å². The highest BCUT2D eigenvalue weighted by Crippen LogP contribution is 2.50. The van der Waals surface area contributed by atoms with Gasteiger partial charge < -0.3 is 4.57 Å². The normalized spacial score (nSPS) is 15.5. The van der Waals surface area contributed by atoms with E-state index in [1.807, 2.05) is 48.5 Å². The molecule has 2 atom stereocenters. The van der Waals surface area contributed by atoms with Crippen molar-refractivity contribution >= 4 is 18.0 Å². The van der Waals surface area contributed by atoms with E-state index in [9.17, 15) is 9.36 Å². The molecular weight excluding hydrogens is 315 g/mol. The van der Waals surface area contributed by atoms with Crippen LogP contribution in [-0.2, 0) is 4.57 Å². The summed E-state index contributed by atoms with van der Waals surface area (Å²) >= 11 is 0. The van der Waals surface area contributed by atoms with Gasteiger partial charge in [0.25, 0.3) is 0 Å². The smallest absolute Gasteiger partial charge is 0.225 e. The zero-order valence-corrected chi connectivity index (χ0v) is 15.9. The van der Waals surface area contributed by atoms with E-state index in [2.05, 4.69) is 27.7 Å². The highest BCUT2D eigenvalue weighted by Gasteiger charge is 2.36. The zero-order valence-electron chi connectivity index (χ0n) is 15.0. The van der Waals surface area contributed by atoms with Crippen molar-refractivity contribution in [3.63, 3.8) is 0 Å².